The number of nitrogens with zero attached hydrogens (tertiary/aromatic N) is 3. The maximum absolute atomic E-state index is 15.2. The van der Waals surface area contributed by atoms with Crippen LogP contribution in [0.5, 0.6) is 5.75 Å². The smallest absolute Gasteiger partial charge is 0.399 e. The van der Waals surface area contributed by atoms with Crippen LogP contribution in [0.15, 0.2) is 91.0 Å². The van der Waals surface area contributed by atoms with E-state index in [4.69, 9.17) is 4.74 Å². The SMILES string of the molecule is CC(C)(C)[C@H](NC(=O)c1cc2cc(C(F)(F)P(=O)(O)O)ccc2s1)C(=O)N1Cc2cc(OCC(=O)NCCCCCC#Cc3ccc4c(c3)C(=O)N(C3CCC(=O)NC3=O)C4=O)ccc2C[C@H]1C(=O)N1CCC[C@H](c2ccccc2)C1. The highest BCUT2D eigenvalue weighted by Crippen LogP contribution is 2.59. The Balaban J connectivity index is 0.819. The second kappa shape index (κ2) is 23.8. The molecule has 2 fully saturated rings. The van der Waals surface area contributed by atoms with Gasteiger partial charge in [-0.2, -0.15) is 8.78 Å². The first kappa shape index (κ1) is 58.0. The minimum absolute atomic E-state index is 0.0268. The summed E-state index contributed by atoms with van der Waals surface area (Å²) in [5, 5.41) is 8.06. The van der Waals surface area contributed by atoms with Gasteiger partial charge in [0.05, 0.1) is 16.0 Å². The zero-order chi connectivity index (χ0) is 58.0. The molecule has 4 aliphatic heterocycles. The molecule has 5 heterocycles. The van der Waals surface area contributed by atoms with Gasteiger partial charge >= 0.3 is 13.3 Å². The largest absolute Gasteiger partial charge is 0.484 e. The van der Waals surface area contributed by atoms with Crippen LogP contribution >= 0.6 is 18.9 Å². The normalized spacial score (nSPS) is 18.8. The van der Waals surface area contributed by atoms with E-state index in [0.29, 0.717) is 54.1 Å². The predicted molar refractivity (Wildman–Crippen MR) is 295 cm³/mol. The number of thiophene rings is 1. The Morgan fingerprint density at radius 3 is 2.40 bits per heavy atom. The molecule has 0 spiro atoms. The molecule has 0 radical (unpaired) electrons. The number of likely N-dealkylation sites (tertiary alicyclic amines) is 1. The molecule has 2 saturated heterocycles. The molecule has 4 aliphatic rings. The van der Waals surface area contributed by atoms with Gasteiger partial charge in [0.1, 0.15) is 23.9 Å². The molecule has 9 rings (SSSR count). The van der Waals surface area contributed by atoms with Crippen LogP contribution in [0, 0.1) is 17.3 Å². The number of nitrogens with one attached hydrogen (secondary N) is 3. The van der Waals surface area contributed by atoms with Crippen LogP contribution in [0.1, 0.15) is 136 Å². The van der Waals surface area contributed by atoms with Crippen LogP contribution in [0.2, 0.25) is 0 Å². The number of benzene rings is 4. The van der Waals surface area contributed by atoms with Gasteiger partial charge in [-0.3, -0.25) is 53.1 Å². The third kappa shape index (κ3) is 12.8. The number of alkyl halides is 2. The fraction of sp³-hybridized carbons (Fsp3) is 0.390. The van der Waals surface area contributed by atoms with Crippen molar-refractivity contribution in [2.45, 2.75) is 115 Å². The Morgan fingerprint density at radius 1 is 0.889 bits per heavy atom. The van der Waals surface area contributed by atoms with Crippen molar-refractivity contribution in [3.05, 3.63) is 135 Å². The number of hydrogen-bond donors (Lipinski definition) is 5. The van der Waals surface area contributed by atoms with Crippen molar-refractivity contribution in [2.24, 2.45) is 5.41 Å². The number of hydrogen-bond acceptors (Lipinski definition) is 11. The van der Waals surface area contributed by atoms with Crippen LogP contribution in [0.3, 0.4) is 0 Å². The van der Waals surface area contributed by atoms with Gasteiger partial charge in [0.15, 0.2) is 6.61 Å². The van der Waals surface area contributed by atoms with Crippen molar-refractivity contribution in [2.75, 3.05) is 26.2 Å². The number of amides is 8. The standard InChI is InChI=1S/C59H61F2N6O12PS/c1-58(2,3)51(64-53(71)48-31-39-28-41(19-23-47(39)81-48)59(60,61)80(76,77)78)57(75)66-33-40-29-42(20-18-37(40)30-46(66)56(74)65-26-12-16-38(32-65)36-14-9-7-10-15-36)79-34-50(69)62-25-11-6-4-5-8-13-35-17-21-43-44(27-35)55(73)67(54(43)72)45-22-24-49(68)63-52(45)70/h7,9-10,14-15,17-21,23,27-29,31,38,45-46,51H,4-6,11-12,16,22,24-26,30,32-34H2,1-3H3,(H,62,69)(H,64,71)(H,63,68,70)(H2,76,77,78)/t38-,45?,46-,51+/m0/s1. The first-order chi connectivity index (χ1) is 38.5. The van der Waals surface area contributed by atoms with Gasteiger partial charge in [-0.25, -0.2) is 0 Å². The lowest BCUT2D eigenvalue weighted by Crippen LogP contribution is -2.61. The molecule has 18 nitrogen and oxygen atoms in total. The molecule has 8 amide bonds. The molecule has 0 saturated carbocycles. The predicted octanol–water partition coefficient (Wildman–Crippen LogP) is 7.14. The van der Waals surface area contributed by atoms with E-state index in [1.165, 1.54) is 29.2 Å². The number of carbonyl (C=O) groups excluding carboxylic acids is 8. The monoisotopic (exact) mass is 1150 g/mol. The maximum Gasteiger partial charge on any atom is 0.399 e. The molecule has 424 valence electrons. The van der Waals surface area contributed by atoms with Crippen LogP contribution in [0.4, 0.5) is 8.78 Å². The topological polar surface area (TPSA) is 249 Å². The summed E-state index contributed by atoms with van der Waals surface area (Å²) in [4.78, 5) is 130. The van der Waals surface area contributed by atoms with Gasteiger partial charge in [0.25, 0.3) is 23.6 Å². The average Bonchev–Trinajstić information content (AvgIpc) is 4.12. The van der Waals surface area contributed by atoms with Gasteiger partial charge in [-0.15, -0.1) is 11.3 Å². The summed E-state index contributed by atoms with van der Waals surface area (Å²) in [6, 6.07) is 21.1. The molecule has 5 N–H and O–H groups in total. The first-order valence-corrected chi connectivity index (χ1v) is 29.2. The maximum atomic E-state index is 15.2. The third-order valence-corrected chi connectivity index (χ3v) is 17.2. The number of rotatable bonds is 16. The number of piperidine rings is 2. The van der Waals surface area contributed by atoms with Crippen LogP contribution in [-0.2, 0) is 47.2 Å². The molecular formula is C59H61F2N6O12PS. The zero-order valence-corrected chi connectivity index (χ0v) is 46.5. The summed E-state index contributed by atoms with van der Waals surface area (Å²) in [6.07, 6.45) is 4.57. The van der Waals surface area contributed by atoms with Crippen molar-refractivity contribution in [1.29, 1.82) is 0 Å². The van der Waals surface area contributed by atoms with E-state index in [2.05, 4.69) is 27.8 Å². The van der Waals surface area contributed by atoms with E-state index in [1.54, 1.807) is 39.0 Å². The van der Waals surface area contributed by atoms with Crippen molar-refractivity contribution < 1.29 is 66.2 Å². The van der Waals surface area contributed by atoms with Crippen molar-refractivity contribution in [3.63, 3.8) is 0 Å². The minimum atomic E-state index is -5.86. The highest BCUT2D eigenvalue weighted by atomic mass is 32.1. The first-order valence-electron chi connectivity index (χ1n) is 26.8. The molecule has 22 heteroatoms. The fourth-order valence-electron chi connectivity index (χ4n) is 10.7. The molecule has 0 bridgehead atoms. The second-order valence-electron chi connectivity index (χ2n) is 21.8. The number of carbonyl (C=O) groups is 8. The lowest BCUT2D eigenvalue weighted by molar-refractivity contribution is -0.150. The molecule has 5 aromatic rings. The Hall–Kier alpha value is -7.63. The van der Waals surface area contributed by atoms with Crippen LogP contribution < -0.4 is 20.7 Å². The summed E-state index contributed by atoms with van der Waals surface area (Å²) in [5.74, 6) is 2.42. The molecule has 4 atom stereocenters. The Labute approximate surface area is 470 Å². The lowest BCUT2D eigenvalue weighted by Gasteiger charge is -2.43. The Morgan fingerprint density at radius 2 is 1.65 bits per heavy atom. The van der Waals surface area contributed by atoms with E-state index >= 15 is 4.79 Å². The van der Waals surface area contributed by atoms with Gasteiger partial charge in [0.2, 0.25) is 23.6 Å². The van der Waals surface area contributed by atoms with E-state index in [9.17, 15) is 56.7 Å². The molecule has 0 aliphatic carbocycles. The summed E-state index contributed by atoms with van der Waals surface area (Å²) in [5.41, 5.74) is -2.84. The fourth-order valence-corrected chi connectivity index (χ4v) is 12.1. The lowest BCUT2D eigenvalue weighted by atomic mass is 9.83. The average molecular weight is 1150 g/mol. The second-order valence-corrected chi connectivity index (χ2v) is 24.6. The highest BCUT2D eigenvalue weighted by Gasteiger charge is 2.51. The molecule has 1 aromatic heterocycles. The van der Waals surface area contributed by atoms with Crippen molar-refractivity contribution in [1.82, 2.24) is 30.7 Å². The Bertz CT molecular complexity index is 3460. The molecule has 81 heavy (non-hydrogen) atoms. The Kier molecular flexibility index (Phi) is 17.1. The summed E-state index contributed by atoms with van der Waals surface area (Å²) in [6.45, 7) is 6.31. The highest BCUT2D eigenvalue weighted by molar-refractivity contribution is 7.52. The van der Waals surface area contributed by atoms with Crippen molar-refractivity contribution in [3.8, 4) is 17.6 Å². The van der Waals surface area contributed by atoms with E-state index in [1.807, 2.05) is 41.3 Å². The number of imide groups is 2. The zero-order valence-electron chi connectivity index (χ0n) is 44.8. The number of ether oxygens (including phenoxy) is 1. The molecule has 4 aromatic carbocycles. The quantitative estimate of drug-likeness (QED) is 0.0286. The summed E-state index contributed by atoms with van der Waals surface area (Å²) >= 11 is 0.956. The molecule has 1 unspecified atom stereocenters. The van der Waals surface area contributed by atoms with E-state index < -0.39 is 77.8 Å². The minimum Gasteiger partial charge on any atom is -0.484 e. The summed E-state index contributed by atoms with van der Waals surface area (Å²) in [7, 11) is -5.86. The van der Waals surface area contributed by atoms with Crippen molar-refractivity contribution >= 4 is 76.3 Å². The summed E-state index contributed by atoms with van der Waals surface area (Å²) < 4.78 is 47.3. The number of unbranched alkanes of at least 4 members (excludes halogenated alkanes) is 3. The van der Waals surface area contributed by atoms with Gasteiger partial charge < -0.3 is 35.0 Å². The van der Waals surface area contributed by atoms with E-state index in [-0.39, 0.29) is 71.5 Å². The van der Waals surface area contributed by atoms with Gasteiger partial charge in [0, 0.05) is 67.2 Å². The van der Waals surface area contributed by atoms with Crippen LogP contribution in [-0.4, -0.2) is 116 Å². The third-order valence-electron chi connectivity index (χ3n) is 15.1. The number of halogens is 2. The van der Waals surface area contributed by atoms with Crippen LogP contribution in [0.25, 0.3) is 10.1 Å². The number of fused-ring (bicyclic) bond motifs is 3. The van der Waals surface area contributed by atoms with E-state index in [0.717, 1.165) is 65.2 Å². The van der Waals surface area contributed by atoms with Gasteiger partial charge in [-0.05, 0) is 108 Å². The van der Waals surface area contributed by atoms with Gasteiger partial charge in [-0.1, -0.05) is 81.5 Å². The molecular weight excluding hydrogens is 1090 g/mol.